The fourth-order valence-corrected chi connectivity index (χ4v) is 3.54. The normalized spacial score (nSPS) is 23.0. The van der Waals surface area contributed by atoms with Crippen LogP contribution in [0.4, 0.5) is 4.79 Å². The van der Waals surface area contributed by atoms with Gasteiger partial charge in [-0.25, -0.2) is 4.79 Å². The Morgan fingerprint density at radius 3 is 2.84 bits per heavy atom. The molecular formula is C19H26N2O4. The van der Waals surface area contributed by atoms with E-state index in [9.17, 15) is 9.59 Å². The largest absolute Gasteiger partial charge is 0.493 e. The van der Waals surface area contributed by atoms with Crippen molar-refractivity contribution in [1.29, 1.82) is 0 Å². The number of piperidine rings is 1. The van der Waals surface area contributed by atoms with E-state index < -0.39 is 5.60 Å². The van der Waals surface area contributed by atoms with Crippen LogP contribution < -0.4 is 4.74 Å². The number of carbonyl (C=O) groups is 2. The summed E-state index contributed by atoms with van der Waals surface area (Å²) in [5.41, 5.74) is 0.00549. The van der Waals surface area contributed by atoms with E-state index in [0.29, 0.717) is 37.6 Å². The van der Waals surface area contributed by atoms with E-state index in [1.807, 2.05) is 18.2 Å². The van der Waals surface area contributed by atoms with Crippen molar-refractivity contribution in [2.75, 3.05) is 33.3 Å². The fourth-order valence-electron chi connectivity index (χ4n) is 3.54. The van der Waals surface area contributed by atoms with Crippen LogP contribution in [-0.2, 0) is 4.74 Å². The second kappa shape index (κ2) is 7.33. The summed E-state index contributed by atoms with van der Waals surface area (Å²) in [5.74, 6) is 0.567. The van der Waals surface area contributed by atoms with E-state index in [4.69, 9.17) is 9.47 Å². The number of benzene rings is 1. The van der Waals surface area contributed by atoms with Crippen LogP contribution in [0.3, 0.4) is 0 Å². The molecule has 2 amide bonds. The molecule has 0 saturated carbocycles. The molecule has 25 heavy (non-hydrogen) atoms. The van der Waals surface area contributed by atoms with Gasteiger partial charge in [0.2, 0.25) is 0 Å². The van der Waals surface area contributed by atoms with Crippen molar-refractivity contribution in [1.82, 2.24) is 9.80 Å². The van der Waals surface area contributed by atoms with E-state index >= 15 is 0 Å². The maximum Gasteiger partial charge on any atom is 0.410 e. The van der Waals surface area contributed by atoms with E-state index in [1.54, 1.807) is 22.9 Å². The lowest BCUT2D eigenvalue weighted by Crippen LogP contribution is -2.52. The van der Waals surface area contributed by atoms with E-state index in [2.05, 4.69) is 6.92 Å². The van der Waals surface area contributed by atoms with Crippen LogP contribution in [0.25, 0.3) is 0 Å². The van der Waals surface area contributed by atoms with Gasteiger partial charge < -0.3 is 19.3 Å². The van der Waals surface area contributed by atoms with Crippen LogP contribution in [0.15, 0.2) is 24.3 Å². The number of rotatable bonds is 5. The molecular weight excluding hydrogens is 320 g/mol. The van der Waals surface area contributed by atoms with Crippen LogP contribution in [0.1, 0.15) is 43.0 Å². The molecule has 2 heterocycles. The summed E-state index contributed by atoms with van der Waals surface area (Å²) in [6.07, 6.45) is 3.31. The first-order chi connectivity index (χ1) is 12.0. The lowest BCUT2D eigenvalue weighted by atomic mass is 9.92. The van der Waals surface area contributed by atoms with Gasteiger partial charge in [-0.1, -0.05) is 25.5 Å². The average molecular weight is 346 g/mol. The van der Waals surface area contributed by atoms with Crippen LogP contribution in [-0.4, -0.2) is 60.7 Å². The van der Waals surface area contributed by atoms with Crippen LogP contribution in [0.5, 0.6) is 5.75 Å². The van der Waals surface area contributed by atoms with Gasteiger partial charge in [-0.05, 0) is 31.4 Å². The topological polar surface area (TPSA) is 59.1 Å². The van der Waals surface area contributed by atoms with Gasteiger partial charge in [-0.15, -0.1) is 0 Å². The van der Waals surface area contributed by atoms with Crippen LogP contribution in [0.2, 0.25) is 0 Å². The number of carbonyl (C=O) groups excluding carboxylic acids is 2. The Bertz CT molecular complexity index is 648. The molecule has 0 aliphatic carbocycles. The first kappa shape index (κ1) is 17.6. The number of likely N-dealkylation sites (N-methyl/N-ethyl adjacent to an activating group) is 1. The zero-order valence-electron chi connectivity index (χ0n) is 15.0. The van der Waals surface area contributed by atoms with Gasteiger partial charge in [0, 0.05) is 13.6 Å². The van der Waals surface area contributed by atoms with Crippen molar-refractivity contribution < 1.29 is 19.1 Å². The average Bonchev–Trinajstić information content (AvgIpc) is 2.88. The second-order valence-electron chi connectivity index (χ2n) is 6.94. The van der Waals surface area contributed by atoms with Gasteiger partial charge in [0.05, 0.1) is 25.3 Å². The van der Waals surface area contributed by atoms with Gasteiger partial charge in [0.15, 0.2) is 0 Å². The standard InChI is InChI=1S/C19H26N2O4/c1-3-4-12-24-16-9-6-5-8-15(16)17(22)21-11-7-10-19(14-21)13-20(2)18(23)25-19/h5-6,8-9H,3-4,7,10-14H2,1-2H3/t19-/m1/s1. The molecule has 2 saturated heterocycles. The molecule has 0 aromatic heterocycles. The van der Waals surface area contributed by atoms with Crippen molar-refractivity contribution in [3.8, 4) is 5.75 Å². The number of hydrogen-bond acceptors (Lipinski definition) is 4. The highest BCUT2D eigenvalue weighted by atomic mass is 16.6. The monoisotopic (exact) mass is 346 g/mol. The molecule has 6 nitrogen and oxygen atoms in total. The SMILES string of the molecule is CCCCOc1ccccc1C(=O)N1CCC[C@@]2(CN(C)C(=O)O2)C1. The van der Waals surface area contributed by atoms with Gasteiger partial charge >= 0.3 is 6.09 Å². The second-order valence-corrected chi connectivity index (χ2v) is 6.94. The molecule has 2 fully saturated rings. The molecule has 3 rings (SSSR count). The van der Waals surface area contributed by atoms with Crippen molar-refractivity contribution in [2.24, 2.45) is 0 Å². The van der Waals surface area contributed by atoms with Gasteiger partial charge in [0.1, 0.15) is 11.4 Å². The summed E-state index contributed by atoms with van der Waals surface area (Å²) in [6.45, 7) is 4.35. The summed E-state index contributed by atoms with van der Waals surface area (Å²) in [6, 6.07) is 7.37. The van der Waals surface area contributed by atoms with Gasteiger partial charge in [-0.3, -0.25) is 4.79 Å². The molecule has 1 aromatic carbocycles. The summed E-state index contributed by atoms with van der Waals surface area (Å²) in [7, 11) is 1.73. The van der Waals surface area contributed by atoms with Crippen molar-refractivity contribution >= 4 is 12.0 Å². The number of nitrogens with zero attached hydrogens (tertiary/aromatic N) is 2. The lowest BCUT2D eigenvalue weighted by molar-refractivity contribution is -0.00534. The summed E-state index contributed by atoms with van der Waals surface area (Å²) >= 11 is 0. The minimum Gasteiger partial charge on any atom is -0.493 e. The van der Waals surface area contributed by atoms with Crippen LogP contribution in [0, 0.1) is 0 Å². The maximum absolute atomic E-state index is 13.0. The van der Waals surface area contributed by atoms with Crippen LogP contribution >= 0.6 is 0 Å². The predicted molar refractivity (Wildman–Crippen MR) is 93.8 cm³/mol. The summed E-state index contributed by atoms with van der Waals surface area (Å²) < 4.78 is 11.4. The molecule has 0 bridgehead atoms. The van der Waals surface area contributed by atoms with Crippen molar-refractivity contribution in [3.05, 3.63) is 29.8 Å². The molecule has 1 aromatic rings. The first-order valence-corrected chi connectivity index (χ1v) is 9.00. The quantitative estimate of drug-likeness (QED) is 0.769. The van der Waals surface area contributed by atoms with Crippen molar-refractivity contribution in [3.63, 3.8) is 0 Å². The lowest BCUT2D eigenvalue weighted by Gasteiger charge is -2.38. The van der Waals surface area contributed by atoms with Crippen molar-refractivity contribution in [2.45, 2.75) is 38.2 Å². The zero-order chi connectivity index (χ0) is 17.9. The van der Waals surface area contributed by atoms with E-state index in [1.165, 1.54) is 0 Å². The highest BCUT2D eigenvalue weighted by molar-refractivity contribution is 5.97. The highest BCUT2D eigenvalue weighted by Gasteiger charge is 2.47. The smallest absolute Gasteiger partial charge is 0.410 e. The minimum atomic E-state index is -0.572. The summed E-state index contributed by atoms with van der Waals surface area (Å²) in [4.78, 5) is 28.2. The molecule has 0 radical (unpaired) electrons. The number of para-hydroxylation sites is 1. The Morgan fingerprint density at radius 2 is 2.12 bits per heavy atom. The number of unbranched alkanes of at least 4 members (excludes halogenated alkanes) is 1. The molecule has 0 unspecified atom stereocenters. The molecule has 2 aliphatic rings. The third-order valence-electron chi connectivity index (χ3n) is 4.84. The van der Waals surface area contributed by atoms with E-state index in [-0.39, 0.29) is 12.0 Å². The molecule has 1 atom stereocenters. The molecule has 2 aliphatic heterocycles. The Balaban J connectivity index is 1.74. The first-order valence-electron chi connectivity index (χ1n) is 9.00. The summed E-state index contributed by atoms with van der Waals surface area (Å²) in [5, 5.41) is 0. The fraction of sp³-hybridized carbons (Fsp3) is 0.579. The maximum atomic E-state index is 13.0. The Kier molecular flexibility index (Phi) is 5.16. The minimum absolute atomic E-state index is 0.0585. The Labute approximate surface area is 148 Å². The van der Waals surface area contributed by atoms with Gasteiger partial charge in [0.25, 0.3) is 5.91 Å². The third kappa shape index (κ3) is 3.72. The number of amides is 2. The number of hydrogen-bond donors (Lipinski definition) is 0. The zero-order valence-corrected chi connectivity index (χ0v) is 15.0. The van der Waals surface area contributed by atoms with Gasteiger partial charge in [-0.2, -0.15) is 0 Å². The molecule has 1 spiro atoms. The Hall–Kier alpha value is -2.24. The van der Waals surface area contributed by atoms with E-state index in [0.717, 1.165) is 25.7 Å². The molecule has 6 heteroatoms. The number of ether oxygens (including phenoxy) is 2. The predicted octanol–water partition coefficient (Wildman–Crippen LogP) is 2.92. The molecule has 136 valence electrons. The third-order valence-corrected chi connectivity index (χ3v) is 4.84. The highest BCUT2D eigenvalue weighted by Crippen LogP contribution is 2.32. The Morgan fingerprint density at radius 1 is 1.32 bits per heavy atom. The molecule has 0 N–H and O–H groups in total. The number of likely N-dealkylation sites (tertiary alicyclic amines) is 1.